The Morgan fingerprint density at radius 1 is 0.767 bits per heavy atom. The highest BCUT2D eigenvalue weighted by atomic mass is 19.4. The molecule has 2 nitrogen and oxygen atoms in total. The van der Waals surface area contributed by atoms with E-state index in [0.29, 0.717) is 11.3 Å². The third-order valence-corrected chi connectivity index (χ3v) is 5.08. The lowest BCUT2D eigenvalue weighted by atomic mass is 9.99. The van der Waals surface area contributed by atoms with E-state index in [1.165, 1.54) is 12.1 Å². The molecule has 1 aromatic heterocycles. The van der Waals surface area contributed by atoms with Crippen molar-refractivity contribution in [2.45, 2.75) is 13.1 Å². The van der Waals surface area contributed by atoms with Gasteiger partial charge in [-0.05, 0) is 30.7 Å². The van der Waals surface area contributed by atoms with E-state index in [2.05, 4.69) is 6.07 Å². The quantitative estimate of drug-likeness (QED) is 0.369. The van der Waals surface area contributed by atoms with Crippen LogP contribution in [0.25, 0.3) is 33.8 Å². The van der Waals surface area contributed by atoms with Crippen molar-refractivity contribution >= 4 is 0 Å². The number of rotatable bonds is 3. The number of aryl methyl sites for hydroxylation is 2. The van der Waals surface area contributed by atoms with Crippen LogP contribution in [0, 0.1) is 6.92 Å². The van der Waals surface area contributed by atoms with E-state index in [1.54, 1.807) is 0 Å². The zero-order chi connectivity index (χ0) is 21.3. The number of alkyl halides is 3. The van der Waals surface area contributed by atoms with Crippen LogP contribution >= 0.6 is 0 Å². The van der Waals surface area contributed by atoms with Crippen LogP contribution in [-0.4, -0.2) is 4.98 Å². The van der Waals surface area contributed by atoms with Gasteiger partial charge in [0.05, 0.1) is 11.1 Å². The fourth-order valence-corrected chi connectivity index (χ4v) is 3.54. The summed E-state index contributed by atoms with van der Waals surface area (Å²) in [5, 5.41) is 0. The van der Waals surface area contributed by atoms with Gasteiger partial charge in [-0.25, -0.2) is 4.98 Å². The summed E-state index contributed by atoms with van der Waals surface area (Å²) in [7, 11) is 1.93. The highest BCUT2D eigenvalue weighted by molar-refractivity contribution is 5.79. The lowest BCUT2D eigenvalue weighted by Crippen LogP contribution is -2.32. The molecule has 0 radical (unpaired) electrons. The van der Waals surface area contributed by atoms with Gasteiger partial charge < -0.3 is 0 Å². The van der Waals surface area contributed by atoms with Crippen molar-refractivity contribution in [3.05, 3.63) is 96.2 Å². The first-order chi connectivity index (χ1) is 14.3. The molecule has 0 atom stereocenters. The van der Waals surface area contributed by atoms with E-state index < -0.39 is 11.7 Å². The fourth-order valence-electron chi connectivity index (χ4n) is 3.54. The highest BCUT2D eigenvalue weighted by Crippen LogP contribution is 2.33. The second-order valence-corrected chi connectivity index (χ2v) is 7.19. The zero-order valence-corrected chi connectivity index (χ0v) is 16.6. The van der Waals surface area contributed by atoms with E-state index in [-0.39, 0.29) is 0 Å². The summed E-state index contributed by atoms with van der Waals surface area (Å²) >= 11 is 0. The van der Waals surface area contributed by atoms with Crippen molar-refractivity contribution in [3.8, 4) is 33.8 Å². The molecule has 0 spiro atoms. The van der Waals surface area contributed by atoms with Gasteiger partial charge in [0.2, 0.25) is 5.69 Å². The molecule has 1 heterocycles. The van der Waals surface area contributed by atoms with Crippen molar-refractivity contribution in [3.63, 3.8) is 0 Å². The molecule has 0 aliphatic carbocycles. The summed E-state index contributed by atoms with van der Waals surface area (Å²) in [6.07, 6.45) is -2.50. The van der Waals surface area contributed by atoms with Crippen LogP contribution in [0.1, 0.15) is 11.1 Å². The van der Waals surface area contributed by atoms with Gasteiger partial charge >= 0.3 is 6.18 Å². The Labute approximate surface area is 173 Å². The molecular formula is C25H20F3N2+. The van der Waals surface area contributed by atoms with Crippen molar-refractivity contribution in [2.75, 3.05) is 0 Å². The van der Waals surface area contributed by atoms with Crippen LogP contribution in [0.15, 0.2) is 85.1 Å². The molecule has 3 aromatic carbocycles. The average molecular weight is 405 g/mol. The first-order valence-electron chi connectivity index (χ1n) is 9.54. The Hall–Kier alpha value is -3.47. The number of aromatic nitrogens is 2. The molecule has 150 valence electrons. The molecule has 4 aromatic rings. The molecule has 0 saturated heterocycles. The molecule has 4 rings (SSSR count). The first kappa shape index (κ1) is 19.8. The zero-order valence-electron chi connectivity index (χ0n) is 16.6. The van der Waals surface area contributed by atoms with Gasteiger partial charge in [0.1, 0.15) is 18.4 Å². The van der Waals surface area contributed by atoms with Crippen molar-refractivity contribution in [1.82, 2.24) is 4.98 Å². The van der Waals surface area contributed by atoms with Crippen molar-refractivity contribution in [1.29, 1.82) is 0 Å². The smallest absolute Gasteiger partial charge is 0.234 e. The van der Waals surface area contributed by atoms with Gasteiger partial charge in [-0.3, -0.25) is 0 Å². The Morgan fingerprint density at radius 2 is 1.40 bits per heavy atom. The molecule has 0 amide bonds. The van der Waals surface area contributed by atoms with E-state index in [9.17, 15) is 13.2 Å². The predicted molar refractivity (Wildman–Crippen MR) is 111 cm³/mol. The maximum Gasteiger partial charge on any atom is 0.416 e. The molecule has 5 heteroatoms. The maximum atomic E-state index is 12.9. The fraction of sp³-hybridized carbons (Fsp3) is 0.120. The maximum absolute atomic E-state index is 12.9. The molecule has 0 aliphatic rings. The summed E-state index contributed by atoms with van der Waals surface area (Å²) in [6, 6.07) is 23.0. The van der Waals surface area contributed by atoms with E-state index in [1.807, 2.05) is 73.3 Å². The molecule has 0 bridgehead atoms. The molecule has 0 saturated carbocycles. The summed E-state index contributed by atoms with van der Waals surface area (Å²) < 4.78 is 40.8. The van der Waals surface area contributed by atoms with Crippen LogP contribution in [0.4, 0.5) is 13.2 Å². The van der Waals surface area contributed by atoms with E-state index >= 15 is 0 Å². The minimum absolute atomic E-state index is 0.613. The van der Waals surface area contributed by atoms with Crippen LogP contribution < -0.4 is 4.57 Å². The Balaban J connectivity index is 1.92. The molecule has 0 aliphatic heterocycles. The lowest BCUT2D eigenvalue weighted by molar-refractivity contribution is -0.659. The number of nitrogens with zero attached hydrogens (tertiary/aromatic N) is 2. The van der Waals surface area contributed by atoms with Gasteiger partial charge in [0.25, 0.3) is 0 Å². The third kappa shape index (κ3) is 3.83. The number of hydrogen-bond donors (Lipinski definition) is 0. The average Bonchev–Trinajstić information content (AvgIpc) is 2.74. The molecular weight excluding hydrogens is 385 g/mol. The second-order valence-electron chi connectivity index (χ2n) is 7.19. The normalized spacial score (nSPS) is 11.5. The van der Waals surface area contributed by atoms with Gasteiger partial charge in [0, 0.05) is 11.1 Å². The van der Waals surface area contributed by atoms with Crippen LogP contribution in [-0.2, 0) is 13.2 Å². The summed E-state index contributed by atoms with van der Waals surface area (Å²) in [5.74, 6) is 0. The highest BCUT2D eigenvalue weighted by Gasteiger charge is 2.30. The van der Waals surface area contributed by atoms with Gasteiger partial charge in [-0.2, -0.15) is 17.7 Å². The number of benzene rings is 3. The Bertz CT molecular complexity index is 1180. The van der Waals surface area contributed by atoms with Crippen molar-refractivity contribution < 1.29 is 17.7 Å². The van der Waals surface area contributed by atoms with Crippen LogP contribution in [0.3, 0.4) is 0 Å². The van der Waals surface area contributed by atoms with Crippen molar-refractivity contribution in [2.24, 2.45) is 7.05 Å². The Kier molecular flexibility index (Phi) is 5.12. The molecule has 0 N–H and O–H groups in total. The third-order valence-electron chi connectivity index (χ3n) is 5.08. The topological polar surface area (TPSA) is 16.8 Å². The summed E-state index contributed by atoms with van der Waals surface area (Å²) in [5.41, 5.74) is 5.43. The summed E-state index contributed by atoms with van der Waals surface area (Å²) in [4.78, 5) is 4.88. The number of halogens is 3. The predicted octanol–water partition coefficient (Wildman–Crippen LogP) is 6.23. The largest absolute Gasteiger partial charge is 0.416 e. The SMILES string of the molecule is Cc1ccccc1-c1c(-c2ccccc2)nc(-c2ccc(C(F)(F)F)cc2)c[n+]1C. The minimum Gasteiger partial charge on any atom is -0.234 e. The summed E-state index contributed by atoms with van der Waals surface area (Å²) in [6.45, 7) is 2.05. The van der Waals surface area contributed by atoms with Crippen LogP contribution in [0.5, 0.6) is 0 Å². The van der Waals surface area contributed by atoms with Gasteiger partial charge in [0.15, 0.2) is 6.20 Å². The standard InChI is InChI=1S/C25H20F3N2/c1-17-8-6-7-11-21(17)24-23(19-9-4-3-5-10-19)29-22(16-30(24)2)18-12-14-20(15-13-18)25(26,27)28/h3-16H,1-2H3/q+1. The van der Waals surface area contributed by atoms with Gasteiger partial charge in [-0.1, -0.05) is 60.7 Å². The second kappa shape index (κ2) is 7.75. The monoisotopic (exact) mass is 405 g/mol. The molecule has 0 fully saturated rings. The molecule has 0 unspecified atom stereocenters. The van der Waals surface area contributed by atoms with Gasteiger partial charge in [-0.15, -0.1) is 0 Å². The lowest BCUT2D eigenvalue weighted by Gasteiger charge is -2.12. The van der Waals surface area contributed by atoms with E-state index in [4.69, 9.17) is 4.98 Å². The minimum atomic E-state index is -4.36. The first-order valence-corrected chi connectivity index (χ1v) is 9.54. The molecule has 30 heavy (non-hydrogen) atoms. The number of hydrogen-bond acceptors (Lipinski definition) is 1. The Morgan fingerprint density at radius 3 is 2.03 bits per heavy atom. The van der Waals surface area contributed by atoms with Crippen LogP contribution in [0.2, 0.25) is 0 Å². The van der Waals surface area contributed by atoms with E-state index in [0.717, 1.165) is 40.2 Å².